The normalized spacial score (nSPS) is 24.4. The Bertz CT molecular complexity index is 1830. The SMILES string of the molecule is O=C1CCC(C(=O)N2CCC[C@H]2c2nc3cc(C#Cc4ccc5nc(C6CCCN6C(=O)[C@@H]6CCC(=O)N6)[nH]c5c4)ccc3[nH]2)N1. The number of carbonyl (C=O) groups excluding carboxylic acids is 4. The fourth-order valence-electron chi connectivity index (χ4n) is 7.30. The first kappa shape index (κ1) is 28.3. The Balaban J connectivity index is 0.985. The predicted molar refractivity (Wildman–Crippen MR) is 168 cm³/mol. The van der Waals surface area contributed by atoms with Gasteiger partial charge in [-0.25, -0.2) is 9.97 Å². The molecule has 4 aromatic rings. The van der Waals surface area contributed by atoms with Crippen LogP contribution in [0.5, 0.6) is 0 Å². The van der Waals surface area contributed by atoms with Gasteiger partial charge in [0.25, 0.3) is 0 Å². The van der Waals surface area contributed by atoms with Gasteiger partial charge in [0.15, 0.2) is 0 Å². The third-order valence-corrected chi connectivity index (χ3v) is 9.64. The fourth-order valence-corrected chi connectivity index (χ4v) is 7.30. The van der Waals surface area contributed by atoms with Gasteiger partial charge < -0.3 is 30.4 Å². The van der Waals surface area contributed by atoms with Crippen LogP contribution >= 0.6 is 0 Å². The zero-order chi connectivity index (χ0) is 31.4. The number of fused-ring (bicyclic) bond motifs is 2. The van der Waals surface area contributed by atoms with E-state index in [1.807, 2.05) is 46.2 Å². The summed E-state index contributed by atoms with van der Waals surface area (Å²) in [6.07, 6.45) is 5.30. The van der Waals surface area contributed by atoms with Crippen LogP contribution in [0.4, 0.5) is 0 Å². The highest BCUT2D eigenvalue weighted by Crippen LogP contribution is 2.34. The number of aromatic amines is 2. The minimum absolute atomic E-state index is 0.0326. The van der Waals surface area contributed by atoms with E-state index in [1.165, 1.54) is 0 Å². The molecule has 2 aromatic carbocycles. The molecule has 4 saturated heterocycles. The van der Waals surface area contributed by atoms with Crippen molar-refractivity contribution in [1.82, 2.24) is 40.4 Å². The number of H-pyrrole nitrogens is 2. The molecule has 0 radical (unpaired) electrons. The van der Waals surface area contributed by atoms with Crippen molar-refractivity contribution < 1.29 is 19.2 Å². The molecule has 4 fully saturated rings. The first-order chi connectivity index (χ1) is 22.4. The molecule has 12 nitrogen and oxygen atoms in total. The van der Waals surface area contributed by atoms with E-state index in [0.717, 1.165) is 70.5 Å². The standard InChI is InChI=1S/C34H34N8O4/c43-29-13-11-23(35-29)33(45)41-15-1-3-27(41)31-37-21-9-7-19(17-25(21)39-31)5-6-20-8-10-22-26(18-20)40-32(38-22)28-4-2-16-42(28)34(46)24-12-14-30(44)36-24/h7-10,17-18,23-24,27-28H,1-4,11-16H2,(H,35,43)(H,36,44)(H,37,39)(H,38,40)/t23-,24?,27?,28-/m0/s1. The summed E-state index contributed by atoms with van der Waals surface area (Å²) in [7, 11) is 0. The van der Waals surface area contributed by atoms with Crippen LogP contribution in [0.15, 0.2) is 36.4 Å². The van der Waals surface area contributed by atoms with Crippen LogP contribution in [0.2, 0.25) is 0 Å². The third kappa shape index (κ3) is 5.15. The maximum atomic E-state index is 13.1. The van der Waals surface area contributed by atoms with Gasteiger partial charge in [-0.15, -0.1) is 0 Å². The molecule has 4 amide bonds. The van der Waals surface area contributed by atoms with Crippen molar-refractivity contribution >= 4 is 45.7 Å². The molecular formula is C34H34N8O4. The lowest BCUT2D eigenvalue weighted by molar-refractivity contribution is -0.135. The van der Waals surface area contributed by atoms with Gasteiger partial charge >= 0.3 is 0 Å². The molecule has 46 heavy (non-hydrogen) atoms. The van der Waals surface area contributed by atoms with Crippen LogP contribution in [-0.4, -0.2) is 78.5 Å². The van der Waals surface area contributed by atoms with Crippen molar-refractivity contribution in [3.8, 4) is 11.8 Å². The van der Waals surface area contributed by atoms with E-state index in [4.69, 9.17) is 9.97 Å². The van der Waals surface area contributed by atoms with Crippen LogP contribution in [0.3, 0.4) is 0 Å². The number of likely N-dealkylation sites (tertiary alicyclic amines) is 2. The Morgan fingerprint density at radius 3 is 1.80 bits per heavy atom. The predicted octanol–water partition coefficient (Wildman–Crippen LogP) is 2.72. The molecular weight excluding hydrogens is 584 g/mol. The Morgan fingerprint density at radius 2 is 1.22 bits per heavy atom. The second-order valence-electron chi connectivity index (χ2n) is 12.7. The molecule has 0 aliphatic carbocycles. The van der Waals surface area contributed by atoms with E-state index in [2.05, 4.69) is 32.4 Å². The van der Waals surface area contributed by atoms with Crippen molar-refractivity contribution in [2.75, 3.05) is 13.1 Å². The number of carbonyl (C=O) groups is 4. The molecule has 4 aliphatic heterocycles. The Morgan fingerprint density at radius 1 is 0.674 bits per heavy atom. The maximum absolute atomic E-state index is 13.1. The molecule has 4 aliphatic rings. The average Bonchev–Trinajstić information content (AvgIpc) is 3.90. The van der Waals surface area contributed by atoms with Gasteiger partial charge in [0.05, 0.1) is 34.2 Å². The monoisotopic (exact) mass is 618 g/mol. The Labute approximate surface area is 264 Å². The van der Waals surface area contributed by atoms with Gasteiger partial charge in [0.2, 0.25) is 23.6 Å². The first-order valence-electron chi connectivity index (χ1n) is 16.1. The lowest BCUT2D eigenvalue weighted by Gasteiger charge is -2.26. The second-order valence-corrected chi connectivity index (χ2v) is 12.7. The number of aromatic nitrogens is 4. The van der Waals surface area contributed by atoms with Crippen molar-refractivity contribution in [2.45, 2.75) is 75.5 Å². The van der Waals surface area contributed by atoms with E-state index < -0.39 is 12.1 Å². The van der Waals surface area contributed by atoms with Gasteiger partial charge in [-0.1, -0.05) is 11.8 Å². The molecule has 4 N–H and O–H groups in total. The number of amides is 4. The molecule has 12 heteroatoms. The Hall–Kier alpha value is -5.18. The largest absolute Gasteiger partial charge is 0.344 e. The van der Waals surface area contributed by atoms with E-state index >= 15 is 0 Å². The van der Waals surface area contributed by atoms with Gasteiger partial charge in [-0.05, 0) is 74.9 Å². The van der Waals surface area contributed by atoms with Crippen LogP contribution in [0.25, 0.3) is 22.1 Å². The number of rotatable bonds is 4. The first-order valence-corrected chi connectivity index (χ1v) is 16.1. The van der Waals surface area contributed by atoms with Crippen LogP contribution in [-0.2, 0) is 19.2 Å². The molecule has 0 saturated carbocycles. The number of hydrogen-bond donors (Lipinski definition) is 4. The van der Waals surface area contributed by atoms with E-state index in [1.54, 1.807) is 0 Å². The van der Waals surface area contributed by atoms with Crippen LogP contribution in [0.1, 0.15) is 86.2 Å². The number of nitrogens with zero attached hydrogens (tertiary/aromatic N) is 4. The van der Waals surface area contributed by atoms with Crippen molar-refractivity contribution in [1.29, 1.82) is 0 Å². The molecule has 2 unspecified atom stereocenters. The molecule has 4 atom stereocenters. The summed E-state index contributed by atoms with van der Waals surface area (Å²) in [6, 6.07) is 10.5. The lowest BCUT2D eigenvalue weighted by Crippen LogP contribution is -2.44. The summed E-state index contributed by atoms with van der Waals surface area (Å²) in [6.45, 7) is 1.31. The van der Waals surface area contributed by atoms with Gasteiger partial charge in [-0.2, -0.15) is 0 Å². The molecule has 0 spiro atoms. The quantitative estimate of drug-likeness (QED) is 0.258. The minimum Gasteiger partial charge on any atom is -0.344 e. The van der Waals surface area contributed by atoms with Crippen molar-refractivity contribution in [3.05, 3.63) is 59.2 Å². The van der Waals surface area contributed by atoms with Crippen LogP contribution < -0.4 is 10.6 Å². The zero-order valence-corrected chi connectivity index (χ0v) is 25.3. The van der Waals surface area contributed by atoms with Crippen molar-refractivity contribution in [3.63, 3.8) is 0 Å². The lowest BCUT2D eigenvalue weighted by atomic mass is 10.1. The summed E-state index contributed by atoms with van der Waals surface area (Å²) in [5, 5.41) is 5.59. The van der Waals surface area contributed by atoms with Crippen LogP contribution in [0, 0.1) is 11.8 Å². The molecule has 8 rings (SSSR count). The molecule has 234 valence electrons. The highest BCUT2D eigenvalue weighted by atomic mass is 16.2. The smallest absolute Gasteiger partial charge is 0.245 e. The summed E-state index contributed by atoms with van der Waals surface area (Å²) in [5.41, 5.74) is 5.00. The van der Waals surface area contributed by atoms with E-state index in [-0.39, 0.29) is 35.7 Å². The number of benzene rings is 2. The number of imidazole rings is 2. The maximum Gasteiger partial charge on any atom is 0.245 e. The Kier molecular flexibility index (Phi) is 6.96. The van der Waals surface area contributed by atoms with Gasteiger partial charge in [0, 0.05) is 37.1 Å². The number of hydrogen-bond acceptors (Lipinski definition) is 6. The molecule has 0 bridgehead atoms. The summed E-state index contributed by atoms with van der Waals surface area (Å²) < 4.78 is 0. The summed E-state index contributed by atoms with van der Waals surface area (Å²) >= 11 is 0. The van der Waals surface area contributed by atoms with Crippen molar-refractivity contribution in [2.24, 2.45) is 0 Å². The van der Waals surface area contributed by atoms with Gasteiger partial charge in [-0.3, -0.25) is 19.2 Å². The summed E-state index contributed by atoms with van der Waals surface area (Å²) in [4.78, 5) is 69.8. The zero-order valence-electron chi connectivity index (χ0n) is 25.3. The highest BCUT2D eigenvalue weighted by molar-refractivity contribution is 5.92. The average molecular weight is 619 g/mol. The highest BCUT2D eigenvalue weighted by Gasteiger charge is 2.39. The van der Waals surface area contributed by atoms with E-state index in [0.29, 0.717) is 38.8 Å². The number of nitrogens with one attached hydrogen (secondary N) is 4. The van der Waals surface area contributed by atoms with E-state index in [9.17, 15) is 19.2 Å². The topological polar surface area (TPSA) is 156 Å². The minimum atomic E-state index is -0.444. The summed E-state index contributed by atoms with van der Waals surface area (Å²) in [5.74, 6) is 7.82. The molecule has 6 heterocycles. The molecule has 2 aromatic heterocycles. The third-order valence-electron chi connectivity index (χ3n) is 9.64. The fraction of sp³-hybridized carbons (Fsp3) is 0.412. The van der Waals surface area contributed by atoms with Gasteiger partial charge in [0.1, 0.15) is 23.7 Å². The second kappa shape index (κ2) is 11.3.